The maximum absolute atomic E-state index is 12.5. The summed E-state index contributed by atoms with van der Waals surface area (Å²) in [7, 11) is 1.61. The van der Waals surface area contributed by atoms with E-state index in [1.165, 1.54) is 21.9 Å². The van der Waals surface area contributed by atoms with Gasteiger partial charge in [0.05, 0.1) is 12.8 Å². The van der Waals surface area contributed by atoms with Gasteiger partial charge in [-0.25, -0.2) is 4.68 Å². The highest BCUT2D eigenvalue weighted by Gasteiger charge is 2.14. The normalized spacial score (nSPS) is 10.8. The van der Waals surface area contributed by atoms with Crippen molar-refractivity contribution in [2.24, 2.45) is 0 Å². The lowest BCUT2D eigenvalue weighted by Gasteiger charge is -2.18. The molecule has 0 fully saturated rings. The summed E-state index contributed by atoms with van der Waals surface area (Å²) in [5, 5.41) is 7.53. The van der Waals surface area contributed by atoms with Crippen molar-refractivity contribution < 1.29 is 9.53 Å². The number of aromatic nitrogens is 2. The molecule has 0 aliphatic heterocycles. The topological polar surface area (TPSA) is 73.2 Å². The van der Waals surface area contributed by atoms with Crippen LogP contribution in [-0.4, -0.2) is 29.3 Å². The fourth-order valence-corrected chi connectivity index (χ4v) is 4.28. The molecule has 4 aromatic rings. The number of ether oxygens (including phenoxy) is 1. The van der Waals surface area contributed by atoms with Gasteiger partial charge in [-0.15, -0.1) is 0 Å². The summed E-state index contributed by atoms with van der Waals surface area (Å²) in [5.41, 5.74) is 3.84. The van der Waals surface area contributed by atoms with Crippen molar-refractivity contribution in [1.29, 1.82) is 0 Å². The molecular weight excluding hydrogens is 450 g/mol. The molecule has 6 nitrogen and oxygen atoms in total. The summed E-state index contributed by atoms with van der Waals surface area (Å²) >= 11 is 0. The number of nitrogens with one attached hydrogen (secondary N) is 1. The number of aryl methyl sites for hydroxylation is 1. The van der Waals surface area contributed by atoms with E-state index >= 15 is 0 Å². The molecule has 4 rings (SSSR count). The van der Waals surface area contributed by atoms with E-state index in [9.17, 15) is 9.59 Å². The lowest BCUT2D eigenvalue weighted by molar-refractivity contribution is -0.121. The second kappa shape index (κ2) is 12.5. The van der Waals surface area contributed by atoms with Crippen LogP contribution in [0.1, 0.15) is 36.3 Å². The molecule has 1 heterocycles. The molecule has 0 saturated heterocycles. The Morgan fingerprint density at radius 2 is 1.61 bits per heavy atom. The van der Waals surface area contributed by atoms with Crippen molar-refractivity contribution in [3.8, 4) is 17.0 Å². The fraction of sp³-hybridized carbons (Fsp3) is 0.233. The predicted octanol–water partition coefficient (Wildman–Crippen LogP) is 5.04. The molecule has 1 N–H and O–H groups in total. The van der Waals surface area contributed by atoms with Crippen LogP contribution in [-0.2, 0) is 11.3 Å². The van der Waals surface area contributed by atoms with E-state index in [1.807, 2.05) is 60.7 Å². The zero-order valence-corrected chi connectivity index (χ0v) is 20.5. The van der Waals surface area contributed by atoms with Gasteiger partial charge < -0.3 is 10.1 Å². The number of carbonyl (C=O) groups excluding carboxylic acids is 1. The summed E-state index contributed by atoms with van der Waals surface area (Å²) in [6.45, 7) is 0.956. The molecule has 6 heteroatoms. The van der Waals surface area contributed by atoms with E-state index in [4.69, 9.17) is 4.74 Å². The molecule has 0 spiro atoms. The van der Waals surface area contributed by atoms with Gasteiger partial charge in [-0.05, 0) is 42.2 Å². The molecule has 0 aliphatic carbocycles. The summed E-state index contributed by atoms with van der Waals surface area (Å²) in [5.74, 6) is 0.923. The number of rotatable bonds is 11. The van der Waals surface area contributed by atoms with E-state index in [0.717, 1.165) is 17.7 Å². The number of nitrogens with zero attached hydrogens (tertiary/aromatic N) is 2. The molecule has 184 valence electrons. The van der Waals surface area contributed by atoms with Gasteiger partial charge in [0.2, 0.25) is 5.91 Å². The molecule has 0 unspecified atom stereocenters. The van der Waals surface area contributed by atoms with E-state index < -0.39 is 0 Å². The Morgan fingerprint density at radius 1 is 0.917 bits per heavy atom. The zero-order chi connectivity index (χ0) is 25.2. The first-order valence-corrected chi connectivity index (χ1v) is 12.2. The van der Waals surface area contributed by atoms with Gasteiger partial charge in [0.15, 0.2) is 0 Å². The third-order valence-corrected chi connectivity index (χ3v) is 6.16. The number of methoxy groups -OCH3 is 1. The van der Waals surface area contributed by atoms with Crippen molar-refractivity contribution >= 4 is 5.91 Å². The third-order valence-electron chi connectivity index (χ3n) is 6.16. The number of carbonyl (C=O) groups is 1. The van der Waals surface area contributed by atoms with Crippen molar-refractivity contribution in [2.45, 2.75) is 31.7 Å². The maximum atomic E-state index is 12.5. The van der Waals surface area contributed by atoms with Crippen LogP contribution in [0.25, 0.3) is 11.3 Å². The second-order valence-corrected chi connectivity index (χ2v) is 8.63. The highest BCUT2D eigenvalue weighted by Crippen LogP contribution is 2.27. The number of hydrogen-bond acceptors (Lipinski definition) is 4. The van der Waals surface area contributed by atoms with E-state index in [-0.39, 0.29) is 17.4 Å². The van der Waals surface area contributed by atoms with Crippen LogP contribution in [0.5, 0.6) is 5.75 Å². The lowest BCUT2D eigenvalue weighted by Crippen LogP contribution is -2.27. The van der Waals surface area contributed by atoms with Gasteiger partial charge >= 0.3 is 0 Å². The second-order valence-electron chi connectivity index (χ2n) is 8.63. The standard InChI is InChI=1S/C30H31N3O3/c1-36-26-15-8-14-25(22-26)28-17-18-30(35)33(32-28)21-9-16-29(34)31-20-19-27(23-10-4-2-5-11-23)24-12-6-3-7-13-24/h2-8,10-15,17-18,22,27H,9,16,19-21H2,1H3,(H,31,34). The number of benzene rings is 3. The Hall–Kier alpha value is -4.19. The molecule has 0 bridgehead atoms. The smallest absolute Gasteiger partial charge is 0.266 e. The van der Waals surface area contributed by atoms with Crippen LogP contribution in [0.3, 0.4) is 0 Å². The zero-order valence-electron chi connectivity index (χ0n) is 20.5. The molecule has 3 aromatic carbocycles. The minimum absolute atomic E-state index is 0.0214. The minimum Gasteiger partial charge on any atom is -0.497 e. The fourth-order valence-electron chi connectivity index (χ4n) is 4.28. The molecular formula is C30H31N3O3. The van der Waals surface area contributed by atoms with Crippen LogP contribution < -0.4 is 15.6 Å². The molecule has 0 saturated carbocycles. The monoisotopic (exact) mass is 481 g/mol. The van der Waals surface area contributed by atoms with Crippen LogP contribution in [0.2, 0.25) is 0 Å². The Bertz CT molecular complexity index is 1280. The first-order chi connectivity index (χ1) is 17.6. The average Bonchev–Trinajstić information content (AvgIpc) is 2.93. The Morgan fingerprint density at radius 3 is 2.28 bits per heavy atom. The van der Waals surface area contributed by atoms with Gasteiger partial charge in [-0.3, -0.25) is 9.59 Å². The lowest BCUT2D eigenvalue weighted by atomic mass is 9.88. The quantitative estimate of drug-likeness (QED) is 0.326. The van der Waals surface area contributed by atoms with Gasteiger partial charge in [-0.1, -0.05) is 72.8 Å². The summed E-state index contributed by atoms with van der Waals surface area (Å²) in [6, 6.07) is 31.5. The number of hydrogen-bond donors (Lipinski definition) is 1. The Balaban J connectivity index is 1.30. The molecule has 1 aromatic heterocycles. The minimum atomic E-state index is -0.185. The predicted molar refractivity (Wildman–Crippen MR) is 142 cm³/mol. The first-order valence-electron chi connectivity index (χ1n) is 12.2. The van der Waals surface area contributed by atoms with Gasteiger partial charge in [-0.2, -0.15) is 5.10 Å². The molecule has 0 aliphatic rings. The van der Waals surface area contributed by atoms with Crippen molar-refractivity contribution in [1.82, 2.24) is 15.1 Å². The molecule has 1 amide bonds. The van der Waals surface area contributed by atoms with Crippen molar-refractivity contribution in [3.05, 3.63) is 119 Å². The van der Waals surface area contributed by atoms with Crippen LogP contribution in [0.4, 0.5) is 0 Å². The van der Waals surface area contributed by atoms with Gasteiger partial charge in [0.1, 0.15) is 5.75 Å². The maximum Gasteiger partial charge on any atom is 0.266 e. The molecule has 0 atom stereocenters. The summed E-state index contributed by atoms with van der Waals surface area (Å²) < 4.78 is 6.70. The van der Waals surface area contributed by atoms with Gasteiger partial charge in [0, 0.05) is 37.1 Å². The average molecular weight is 482 g/mol. The van der Waals surface area contributed by atoms with Crippen LogP contribution in [0.15, 0.2) is 102 Å². The Kier molecular flexibility index (Phi) is 8.65. The molecule has 0 radical (unpaired) electrons. The number of amides is 1. The Labute approximate surface area is 211 Å². The largest absolute Gasteiger partial charge is 0.497 e. The van der Waals surface area contributed by atoms with Gasteiger partial charge in [0.25, 0.3) is 5.56 Å². The van der Waals surface area contributed by atoms with Crippen LogP contribution in [0, 0.1) is 0 Å². The highest BCUT2D eigenvalue weighted by atomic mass is 16.5. The highest BCUT2D eigenvalue weighted by molar-refractivity contribution is 5.75. The van der Waals surface area contributed by atoms with Crippen molar-refractivity contribution in [2.75, 3.05) is 13.7 Å². The summed E-state index contributed by atoms with van der Waals surface area (Å²) in [6.07, 6.45) is 1.67. The SMILES string of the molecule is COc1cccc(-c2ccc(=O)n(CCCC(=O)NCCC(c3ccccc3)c3ccccc3)n2)c1. The van der Waals surface area contributed by atoms with Crippen molar-refractivity contribution in [3.63, 3.8) is 0 Å². The van der Waals surface area contributed by atoms with Crippen LogP contribution >= 0.6 is 0 Å². The van der Waals surface area contributed by atoms with E-state index in [2.05, 4.69) is 34.7 Å². The third kappa shape index (κ3) is 6.69. The van der Waals surface area contributed by atoms with E-state index in [0.29, 0.717) is 31.6 Å². The van der Waals surface area contributed by atoms with E-state index in [1.54, 1.807) is 13.2 Å². The molecule has 36 heavy (non-hydrogen) atoms. The first kappa shape index (κ1) is 24.9. The summed E-state index contributed by atoms with van der Waals surface area (Å²) in [4.78, 5) is 24.8.